The van der Waals surface area contributed by atoms with Gasteiger partial charge in [0.05, 0.1) is 5.71 Å². The van der Waals surface area contributed by atoms with E-state index in [-0.39, 0.29) is 0 Å². The number of hydrogen-bond acceptors (Lipinski definition) is 1. The molecule has 1 nitrogen and oxygen atoms in total. The zero-order valence-corrected chi connectivity index (χ0v) is 6.38. The maximum atomic E-state index is 7.15. The summed E-state index contributed by atoms with van der Waals surface area (Å²) in [6.45, 7) is 8.84. The summed E-state index contributed by atoms with van der Waals surface area (Å²) in [7, 11) is 0. The predicted octanol–water partition coefficient (Wildman–Crippen LogP) is 2.49. The minimum atomic E-state index is 0.380. The van der Waals surface area contributed by atoms with Crippen LogP contribution in [0, 0.1) is 5.41 Å². The normalized spacial score (nSPS) is 8.25. The smallest absolute Gasteiger partial charge is 0.0699 e. The molecule has 0 radical (unpaired) electrons. The fourth-order valence-electron chi connectivity index (χ4n) is 0.232. The number of rotatable bonds is 2. The fraction of sp³-hybridized carbons (Fsp3) is 0.167. The molecule has 0 aromatic heterocycles. The molecule has 0 amide bonds. The highest BCUT2D eigenvalue weighted by molar-refractivity contribution is 9.12. The summed E-state index contributed by atoms with van der Waals surface area (Å²) in [5.41, 5.74) is 1.11. The molecule has 0 aliphatic rings. The lowest BCUT2D eigenvalue weighted by Gasteiger charge is -1.95. The Morgan fingerprint density at radius 2 is 1.88 bits per heavy atom. The van der Waals surface area contributed by atoms with E-state index in [2.05, 4.69) is 29.1 Å². The third-order valence-corrected chi connectivity index (χ3v) is 1.09. The van der Waals surface area contributed by atoms with Gasteiger partial charge in [0.15, 0.2) is 0 Å². The fourth-order valence-corrected chi connectivity index (χ4v) is 0.570. The molecule has 2 heteroatoms. The van der Waals surface area contributed by atoms with E-state index in [1.807, 2.05) is 0 Å². The van der Waals surface area contributed by atoms with E-state index < -0.39 is 0 Å². The molecule has 0 rings (SSSR count). The second kappa shape index (κ2) is 2.82. The standard InChI is InChI=1S/C6H8BrN/c1-4(2)6(8)5(3)7/h8H,1,3H2,2H3. The van der Waals surface area contributed by atoms with Crippen LogP contribution in [0.25, 0.3) is 0 Å². The molecular weight excluding hydrogens is 166 g/mol. The average molecular weight is 174 g/mol. The number of allylic oxidation sites excluding steroid dienone is 2. The van der Waals surface area contributed by atoms with Gasteiger partial charge in [-0.2, -0.15) is 0 Å². The predicted molar refractivity (Wildman–Crippen MR) is 40.6 cm³/mol. The van der Waals surface area contributed by atoms with Gasteiger partial charge in [-0.15, -0.1) is 0 Å². The van der Waals surface area contributed by atoms with Gasteiger partial charge in [-0.1, -0.05) is 13.2 Å². The third kappa shape index (κ3) is 2.07. The highest BCUT2D eigenvalue weighted by Crippen LogP contribution is 2.07. The molecular formula is C6H8BrN. The highest BCUT2D eigenvalue weighted by Gasteiger charge is 1.96. The Bertz CT molecular complexity index is 131. The maximum Gasteiger partial charge on any atom is 0.0699 e. The Kier molecular flexibility index (Phi) is 2.69. The first-order valence-corrected chi connectivity index (χ1v) is 2.94. The minimum absolute atomic E-state index is 0.380. The van der Waals surface area contributed by atoms with E-state index in [0.29, 0.717) is 10.2 Å². The topological polar surface area (TPSA) is 23.9 Å². The van der Waals surface area contributed by atoms with Gasteiger partial charge in [0, 0.05) is 4.48 Å². The van der Waals surface area contributed by atoms with Gasteiger partial charge in [0.25, 0.3) is 0 Å². The van der Waals surface area contributed by atoms with Gasteiger partial charge in [0.2, 0.25) is 0 Å². The summed E-state index contributed by atoms with van der Waals surface area (Å²) in [6, 6.07) is 0. The van der Waals surface area contributed by atoms with Crippen molar-refractivity contribution in [3.8, 4) is 0 Å². The Morgan fingerprint density at radius 3 is 1.88 bits per heavy atom. The second-order valence-electron chi connectivity index (χ2n) is 1.56. The zero-order chi connectivity index (χ0) is 6.73. The Hall–Kier alpha value is -0.370. The molecule has 0 saturated carbocycles. The van der Waals surface area contributed by atoms with Crippen molar-refractivity contribution in [1.29, 1.82) is 5.41 Å². The average Bonchev–Trinajstić information content (AvgIpc) is 1.64. The number of nitrogens with one attached hydrogen (secondary N) is 1. The zero-order valence-electron chi connectivity index (χ0n) is 4.79. The van der Waals surface area contributed by atoms with Gasteiger partial charge in [-0.05, 0) is 28.4 Å². The number of halogens is 1. The van der Waals surface area contributed by atoms with Crippen molar-refractivity contribution in [3.05, 3.63) is 23.2 Å². The molecule has 0 aromatic carbocycles. The van der Waals surface area contributed by atoms with E-state index in [0.717, 1.165) is 5.57 Å². The van der Waals surface area contributed by atoms with Crippen LogP contribution in [0.3, 0.4) is 0 Å². The molecule has 0 atom stereocenters. The van der Waals surface area contributed by atoms with Crippen LogP contribution >= 0.6 is 15.9 Å². The van der Waals surface area contributed by atoms with Crippen molar-refractivity contribution in [3.63, 3.8) is 0 Å². The first-order valence-electron chi connectivity index (χ1n) is 2.15. The van der Waals surface area contributed by atoms with Crippen LogP contribution in [0.2, 0.25) is 0 Å². The molecule has 0 fully saturated rings. The molecule has 0 unspecified atom stereocenters. The number of hydrogen-bond donors (Lipinski definition) is 1. The molecule has 8 heavy (non-hydrogen) atoms. The molecule has 44 valence electrons. The van der Waals surface area contributed by atoms with Crippen LogP contribution < -0.4 is 0 Å². The van der Waals surface area contributed by atoms with E-state index in [9.17, 15) is 0 Å². The summed E-state index contributed by atoms with van der Waals surface area (Å²) in [6.07, 6.45) is 0. The Morgan fingerprint density at radius 1 is 1.50 bits per heavy atom. The van der Waals surface area contributed by atoms with Crippen LogP contribution in [0.1, 0.15) is 6.92 Å². The molecule has 0 aliphatic heterocycles. The maximum absolute atomic E-state index is 7.15. The quantitative estimate of drug-likeness (QED) is 0.622. The van der Waals surface area contributed by atoms with E-state index in [4.69, 9.17) is 5.41 Å². The van der Waals surface area contributed by atoms with Crippen LogP contribution in [-0.2, 0) is 0 Å². The first-order chi connectivity index (χ1) is 3.55. The van der Waals surface area contributed by atoms with Crippen molar-refractivity contribution >= 4 is 21.6 Å². The SMILES string of the molecule is C=C(C)C(=N)C(=C)Br. The summed E-state index contributed by atoms with van der Waals surface area (Å²) in [5, 5.41) is 7.15. The molecule has 1 N–H and O–H groups in total. The van der Waals surface area contributed by atoms with Gasteiger partial charge >= 0.3 is 0 Å². The molecule has 0 aliphatic carbocycles. The molecule has 0 aromatic rings. The monoisotopic (exact) mass is 173 g/mol. The molecule has 0 heterocycles. The lowest BCUT2D eigenvalue weighted by Crippen LogP contribution is -1.93. The molecule has 0 spiro atoms. The van der Waals surface area contributed by atoms with E-state index in [1.54, 1.807) is 6.92 Å². The van der Waals surface area contributed by atoms with Gasteiger partial charge in [-0.3, -0.25) is 5.41 Å². The van der Waals surface area contributed by atoms with Crippen molar-refractivity contribution in [1.82, 2.24) is 0 Å². The van der Waals surface area contributed by atoms with Crippen molar-refractivity contribution in [2.75, 3.05) is 0 Å². The van der Waals surface area contributed by atoms with Crippen molar-refractivity contribution in [2.45, 2.75) is 6.92 Å². The summed E-state index contributed by atoms with van der Waals surface area (Å²) >= 11 is 3.06. The highest BCUT2D eigenvalue weighted by atomic mass is 79.9. The van der Waals surface area contributed by atoms with E-state index in [1.165, 1.54) is 0 Å². The minimum Gasteiger partial charge on any atom is -0.299 e. The van der Waals surface area contributed by atoms with Gasteiger partial charge < -0.3 is 0 Å². The third-order valence-electron chi connectivity index (χ3n) is 0.698. The van der Waals surface area contributed by atoms with Gasteiger partial charge in [-0.25, -0.2) is 0 Å². The molecule has 0 bridgehead atoms. The van der Waals surface area contributed by atoms with E-state index >= 15 is 0 Å². The van der Waals surface area contributed by atoms with Crippen molar-refractivity contribution < 1.29 is 0 Å². The Balaban J connectivity index is 4.05. The largest absolute Gasteiger partial charge is 0.299 e. The van der Waals surface area contributed by atoms with Crippen molar-refractivity contribution in [2.24, 2.45) is 0 Å². The first kappa shape index (κ1) is 7.63. The molecule has 0 saturated heterocycles. The van der Waals surface area contributed by atoms with Crippen LogP contribution in [0.4, 0.5) is 0 Å². The van der Waals surface area contributed by atoms with Crippen LogP contribution in [0.15, 0.2) is 23.2 Å². The lowest BCUT2D eigenvalue weighted by molar-refractivity contribution is 1.47. The van der Waals surface area contributed by atoms with Crippen LogP contribution in [0.5, 0.6) is 0 Å². The van der Waals surface area contributed by atoms with Crippen LogP contribution in [-0.4, -0.2) is 5.71 Å². The lowest BCUT2D eigenvalue weighted by atomic mass is 10.2. The summed E-state index contributed by atoms with van der Waals surface area (Å²) in [5.74, 6) is 0. The van der Waals surface area contributed by atoms with Gasteiger partial charge in [0.1, 0.15) is 0 Å². The summed E-state index contributed by atoms with van der Waals surface area (Å²) in [4.78, 5) is 0. The Labute approximate surface area is 57.7 Å². The summed E-state index contributed by atoms with van der Waals surface area (Å²) < 4.78 is 0.588. The second-order valence-corrected chi connectivity index (χ2v) is 2.52.